The molecule has 0 radical (unpaired) electrons. The molecule has 2 nitrogen and oxygen atoms in total. The van der Waals surface area contributed by atoms with Gasteiger partial charge in [0.25, 0.3) is 0 Å². The van der Waals surface area contributed by atoms with Gasteiger partial charge < -0.3 is 11.1 Å². The number of anilines is 1. The van der Waals surface area contributed by atoms with Crippen molar-refractivity contribution in [1.29, 1.82) is 0 Å². The number of halogens is 3. The quantitative estimate of drug-likeness (QED) is 0.844. The Morgan fingerprint density at radius 1 is 1.09 bits per heavy atom. The van der Waals surface area contributed by atoms with Crippen molar-refractivity contribution in [3.63, 3.8) is 0 Å². The molecule has 0 aliphatic carbocycles. The van der Waals surface area contributed by atoms with Crippen LogP contribution in [0.25, 0.3) is 5.70 Å². The first-order valence-corrected chi connectivity index (χ1v) is 7.16. The molecule has 2 aromatic rings. The van der Waals surface area contributed by atoms with E-state index in [0.29, 0.717) is 11.4 Å². The highest BCUT2D eigenvalue weighted by Crippen LogP contribution is 2.34. The summed E-state index contributed by atoms with van der Waals surface area (Å²) in [4.78, 5) is 0. The van der Waals surface area contributed by atoms with E-state index in [1.54, 1.807) is 6.07 Å². The number of alkyl halides is 3. The summed E-state index contributed by atoms with van der Waals surface area (Å²) in [6.45, 7) is 7.72. The normalized spacial score (nSPS) is 11.4. The first-order valence-electron chi connectivity index (χ1n) is 7.16. The molecule has 3 N–H and O–H groups in total. The van der Waals surface area contributed by atoms with Crippen LogP contribution < -0.4 is 11.1 Å². The lowest BCUT2D eigenvalue weighted by Crippen LogP contribution is -2.12. The minimum absolute atomic E-state index is 0.0693. The van der Waals surface area contributed by atoms with Crippen LogP contribution in [0.3, 0.4) is 0 Å². The van der Waals surface area contributed by atoms with Gasteiger partial charge in [0, 0.05) is 17.9 Å². The first-order chi connectivity index (χ1) is 10.7. The van der Waals surface area contributed by atoms with E-state index in [1.807, 2.05) is 32.0 Å². The van der Waals surface area contributed by atoms with Crippen LogP contribution in [0.4, 0.5) is 18.9 Å². The van der Waals surface area contributed by atoms with Crippen LogP contribution in [-0.2, 0) is 12.7 Å². The third-order valence-electron chi connectivity index (χ3n) is 3.79. The monoisotopic (exact) mass is 320 g/mol. The average molecular weight is 320 g/mol. The van der Waals surface area contributed by atoms with E-state index < -0.39 is 11.7 Å². The van der Waals surface area contributed by atoms with Crippen LogP contribution in [-0.4, -0.2) is 0 Å². The molecule has 0 fully saturated rings. The number of benzene rings is 2. The maximum atomic E-state index is 13.1. The summed E-state index contributed by atoms with van der Waals surface area (Å²) in [5.74, 6) is 0. The summed E-state index contributed by atoms with van der Waals surface area (Å²) in [5, 5.41) is 2.93. The fourth-order valence-electron chi connectivity index (χ4n) is 2.27. The van der Waals surface area contributed by atoms with Crippen LogP contribution in [0.2, 0.25) is 0 Å². The molecule has 2 rings (SSSR count). The van der Waals surface area contributed by atoms with Crippen molar-refractivity contribution in [2.24, 2.45) is 5.73 Å². The van der Waals surface area contributed by atoms with Crippen molar-refractivity contribution in [2.45, 2.75) is 26.6 Å². The zero-order valence-corrected chi connectivity index (χ0v) is 13.1. The molecular formula is C18H19F3N2. The molecule has 0 saturated carbocycles. The first kappa shape index (κ1) is 17.1. The molecule has 5 heteroatoms. The molecular weight excluding hydrogens is 301 g/mol. The van der Waals surface area contributed by atoms with Gasteiger partial charge in [-0.2, -0.15) is 13.2 Å². The van der Waals surface area contributed by atoms with Gasteiger partial charge in [-0.05, 0) is 54.3 Å². The second-order valence-corrected chi connectivity index (χ2v) is 5.48. The van der Waals surface area contributed by atoms with Crippen LogP contribution in [0, 0.1) is 13.8 Å². The molecule has 0 atom stereocenters. The van der Waals surface area contributed by atoms with Gasteiger partial charge in [-0.25, -0.2) is 0 Å². The maximum Gasteiger partial charge on any atom is 0.416 e. The van der Waals surface area contributed by atoms with E-state index in [1.165, 1.54) is 6.07 Å². The van der Waals surface area contributed by atoms with E-state index in [2.05, 4.69) is 11.9 Å². The molecule has 0 aliphatic rings. The number of nitrogens with one attached hydrogen (secondary N) is 1. The summed E-state index contributed by atoms with van der Waals surface area (Å²) >= 11 is 0. The Bertz CT molecular complexity index is 734. The molecule has 2 aromatic carbocycles. The Kier molecular flexibility index (Phi) is 4.80. The fraction of sp³-hybridized carbons (Fsp3) is 0.222. The van der Waals surface area contributed by atoms with Gasteiger partial charge >= 0.3 is 6.18 Å². The molecule has 0 saturated heterocycles. The van der Waals surface area contributed by atoms with E-state index in [0.717, 1.165) is 22.8 Å². The minimum atomic E-state index is -4.44. The molecule has 0 heterocycles. The smallest absolute Gasteiger partial charge is 0.356 e. The van der Waals surface area contributed by atoms with Crippen LogP contribution in [0.15, 0.2) is 43.0 Å². The van der Waals surface area contributed by atoms with Crippen LogP contribution in [0.1, 0.15) is 27.8 Å². The topological polar surface area (TPSA) is 38.0 Å². The van der Waals surface area contributed by atoms with Gasteiger partial charge in [0.2, 0.25) is 0 Å². The Morgan fingerprint density at radius 2 is 1.78 bits per heavy atom. The standard InChI is InChI=1S/C18H19F3N2/c1-11-4-5-14(8-12(11)2)13(3)23-16-7-6-15(10-22)17(9-16)18(19,20)21/h4-9,23H,3,10,22H2,1-2H3. The van der Waals surface area contributed by atoms with Crippen LogP contribution >= 0.6 is 0 Å². The summed E-state index contributed by atoms with van der Waals surface area (Å²) in [6.07, 6.45) is -4.44. The summed E-state index contributed by atoms with van der Waals surface area (Å²) in [7, 11) is 0. The Labute approximate surface area is 133 Å². The SMILES string of the molecule is C=C(Nc1ccc(CN)c(C(F)(F)F)c1)c1ccc(C)c(C)c1. The molecule has 0 amide bonds. The Morgan fingerprint density at radius 3 is 2.35 bits per heavy atom. The highest BCUT2D eigenvalue weighted by molar-refractivity contribution is 5.76. The third-order valence-corrected chi connectivity index (χ3v) is 3.79. The summed E-state index contributed by atoms with van der Waals surface area (Å²) in [5.41, 5.74) is 8.68. The number of aryl methyl sites for hydroxylation is 2. The molecule has 0 aliphatic heterocycles. The van der Waals surface area contributed by atoms with E-state index in [4.69, 9.17) is 5.73 Å². The predicted molar refractivity (Wildman–Crippen MR) is 87.9 cm³/mol. The largest absolute Gasteiger partial charge is 0.416 e. The highest BCUT2D eigenvalue weighted by atomic mass is 19.4. The van der Waals surface area contributed by atoms with E-state index in [-0.39, 0.29) is 12.1 Å². The third kappa shape index (κ3) is 3.93. The second-order valence-electron chi connectivity index (χ2n) is 5.48. The van der Waals surface area contributed by atoms with Crippen molar-refractivity contribution in [3.8, 4) is 0 Å². The zero-order valence-electron chi connectivity index (χ0n) is 13.1. The minimum Gasteiger partial charge on any atom is -0.356 e. The average Bonchev–Trinajstić information content (AvgIpc) is 2.49. The zero-order chi connectivity index (χ0) is 17.2. The van der Waals surface area contributed by atoms with Gasteiger partial charge in [0.15, 0.2) is 0 Å². The van der Waals surface area contributed by atoms with Crippen molar-refractivity contribution in [1.82, 2.24) is 0 Å². The van der Waals surface area contributed by atoms with Crippen molar-refractivity contribution < 1.29 is 13.2 Å². The van der Waals surface area contributed by atoms with Gasteiger partial charge in [0.05, 0.1) is 5.56 Å². The van der Waals surface area contributed by atoms with Crippen molar-refractivity contribution in [2.75, 3.05) is 5.32 Å². The Balaban J connectivity index is 2.29. The summed E-state index contributed by atoms with van der Waals surface area (Å²) in [6, 6.07) is 9.81. The van der Waals surface area contributed by atoms with Crippen molar-refractivity contribution in [3.05, 3.63) is 70.8 Å². The molecule has 0 aromatic heterocycles. The second kappa shape index (κ2) is 6.46. The van der Waals surface area contributed by atoms with Gasteiger partial charge in [-0.15, -0.1) is 0 Å². The predicted octanol–water partition coefficient (Wildman–Crippen LogP) is 4.86. The fourth-order valence-corrected chi connectivity index (χ4v) is 2.27. The lowest BCUT2D eigenvalue weighted by Gasteiger charge is -2.16. The Hall–Kier alpha value is -2.27. The van der Waals surface area contributed by atoms with Crippen LogP contribution in [0.5, 0.6) is 0 Å². The van der Waals surface area contributed by atoms with Gasteiger partial charge in [-0.3, -0.25) is 0 Å². The highest BCUT2D eigenvalue weighted by Gasteiger charge is 2.33. The molecule has 23 heavy (non-hydrogen) atoms. The van der Waals surface area contributed by atoms with E-state index in [9.17, 15) is 13.2 Å². The molecule has 122 valence electrons. The van der Waals surface area contributed by atoms with Gasteiger partial charge in [0.1, 0.15) is 0 Å². The van der Waals surface area contributed by atoms with Gasteiger partial charge in [-0.1, -0.05) is 24.8 Å². The van der Waals surface area contributed by atoms with E-state index >= 15 is 0 Å². The summed E-state index contributed by atoms with van der Waals surface area (Å²) < 4.78 is 39.2. The maximum absolute atomic E-state index is 13.1. The number of nitrogens with two attached hydrogens (primary N) is 1. The molecule has 0 unspecified atom stereocenters. The number of rotatable bonds is 4. The lowest BCUT2D eigenvalue weighted by atomic mass is 10.0. The molecule has 0 spiro atoms. The lowest BCUT2D eigenvalue weighted by molar-refractivity contribution is -0.138. The number of hydrogen-bond acceptors (Lipinski definition) is 2. The number of hydrogen-bond donors (Lipinski definition) is 2. The van der Waals surface area contributed by atoms with Crippen molar-refractivity contribution >= 4 is 11.4 Å². The molecule has 0 bridgehead atoms.